The van der Waals surface area contributed by atoms with Gasteiger partial charge in [0, 0.05) is 6.20 Å². The first kappa shape index (κ1) is 12.0. The van der Waals surface area contributed by atoms with Crippen molar-refractivity contribution < 1.29 is 4.74 Å². The molecular formula is C10H13BrN2O2. The lowest BCUT2D eigenvalue weighted by atomic mass is 10.2. The molecule has 82 valence electrons. The van der Waals surface area contributed by atoms with E-state index in [1.54, 1.807) is 19.2 Å². The van der Waals surface area contributed by atoms with Crippen LogP contribution in [0, 0.1) is 6.92 Å². The van der Waals surface area contributed by atoms with E-state index in [1.165, 1.54) is 4.57 Å². The molecular weight excluding hydrogens is 260 g/mol. The third kappa shape index (κ3) is 2.70. The van der Waals surface area contributed by atoms with Gasteiger partial charge in [0.1, 0.15) is 6.73 Å². The molecule has 1 rings (SSSR count). The zero-order valence-corrected chi connectivity index (χ0v) is 10.1. The second-order valence-corrected chi connectivity index (χ2v) is 3.88. The molecule has 4 nitrogen and oxygen atoms in total. The molecule has 15 heavy (non-hydrogen) atoms. The maximum Gasteiger partial charge on any atom is 0.267 e. The standard InChI is InChI=1S/C10H13BrN2O2/c1-3-4-15-6-13-5-8(12)7(2)9(11)10(13)14/h3,5H,1,4,6,12H2,2H3. The lowest BCUT2D eigenvalue weighted by molar-refractivity contribution is 0.0976. The molecule has 5 heteroatoms. The summed E-state index contributed by atoms with van der Waals surface area (Å²) < 4.78 is 7.06. The van der Waals surface area contributed by atoms with Crippen LogP contribution in [0.5, 0.6) is 0 Å². The van der Waals surface area contributed by atoms with Crippen molar-refractivity contribution in [2.45, 2.75) is 13.7 Å². The number of hydrogen-bond acceptors (Lipinski definition) is 3. The van der Waals surface area contributed by atoms with Crippen LogP contribution in [0.4, 0.5) is 5.69 Å². The van der Waals surface area contributed by atoms with Crippen LogP contribution >= 0.6 is 15.9 Å². The fourth-order valence-corrected chi connectivity index (χ4v) is 1.52. The van der Waals surface area contributed by atoms with E-state index in [1.807, 2.05) is 0 Å². The van der Waals surface area contributed by atoms with E-state index < -0.39 is 0 Å². The normalized spacial score (nSPS) is 10.3. The number of anilines is 1. The topological polar surface area (TPSA) is 57.2 Å². The van der Waals surface area contributed by atoms with Crippen LogP contribution in [0.3, 0.4) is 0 Å². The molecule has 0 fully saturated rings. The Labute approximate surface area is 96.5 Å². The summed E-state index contributed by atoms with van der Waals surface area (Å²) in [7, 11) is 0. The molecule has 1 aromatic heterocycles. The van der Waals surface area contributed by atoms with Gasteiger partial charge in [-0.3, -0.25) is 9.36 Å². The minimum Gasteiger partial charge on any atom is -0.397 e. The molecule has 0 aliphatic heterocycles. The van der Waals surface area contributed by atoms with Crippen molar-refractivity contribution in [2.24, 2.45) is 0 Å². The van der Waals surface area contributed by atoms with Crippen LogP contribution in [-0.4, -0.2) is 11.2 Å². The fourth-order valence-electron chi connectivity index (χ4n) is 1.07. The van der Waals surface area contributed by atoms with E-state index in [9.17, 15) is 4.79 Å². The number of aromatic nitrogens is 1. The Hall–Kier alpha value is -1.07. The summed E-state index contributed by atoms with van der Waals surface area (Å²) in [6.07, 6.45) is 3.20. The summed E-state index contributed by atoms with van der Waals surface area (Å²) in [6, 6.07) is 0. The van der Waals surface area contributed by atoms with Crippen molar-refractivity contribution in [3.8, 4) is 0 Å². The summed E-state index contributed by atoms with van der Waals surface area (Å²) in [4.78, 5) is 11.7. The van der Waals surface area contributed by atoms with Gasteiger partial charge in [-0.05, 0) is 28.4 Å². The molecule has 0 atom stereocenters. The number of ether oxygens (including phenoxy) is 1. The Morgan fingerprint density at radius 3 is 3.00 bits per heavy atom. The Kier molecular flexibility index (Phi) is 4.11. The summed E-state index contributed by atoms with van der Waals surface area (Å²) in [5, 5.41) is 0. The van der Waals surface area contributed by atoms with Crippen LogP contribution in [-0.2, 0) is 11.5 Å². The Morgan fingerprint density at radius 1 is 1.73 bits per heavy atom. The highest BCUT2D eigenvalue weighted by Gasteiger charge is 2.07. The largest absolute Gasteiger partial charge is 0.397 e. The summed E-state index contributed by atoms with van der Waals surface area (Å²) in [5.41, 5.74) is 6.89. The Balaban J connectivity index is 2.99. The summed E-state index contributed by atoms with van der Waals surface area (Å²) >= 11 is 3.20. The van der Waals surface area contributed by atoms with Gasteiger partial charge in [0.2, 0.25) is 0 Å². The average molecular weight is 273 g/mol. The quantitative estimate of drug-likeness (QED) is 0.670. The summed E-state index contributed by atoms with van der Waals surface area (Å²) in [6.45, 7) is 5.88. The molecule has 1 heterocycles. The van der Waals surface area contributed by atoms with Gasteiger partial charge >= 0.3 is 0 Å². The number of hydrogen-bond donors (Lipinski definition) is 1. The van der Waals surface area contributed by atoms with Gasteiger partial charge in [0.25, 0.3) is 5.56 Å². The third-order valence-electron chi connectivity index (χ3n) is 1.97. The lowest BCUT2D eigenvalue weighted by Crippen LogP contribution is -2.23. The zero-order valence-electron chi connectivity index (χ0n) is 8.50. The van der Waals surface area contributed by atoms with Crippen LogP contribution in [0.2, 0.25) is 0 Å². The molecule has 0 radical (unpaired) electrons. The van der Waals surface area contributed by atoms with Crippen molar-refractivity contribution >= 4 is 21.6 Å². The van der Waals surface area contributed by atoms with Crippen molar-refractivity contribution in [1.29, 1.82) is 0 Å². The monoisotopic (exact) mass is 272 g/mol. The lowest BCUT2D eigenvalue weighted by Gasteiger charge is -2.09. The van der Waals surface area contributed by atoms with Crippen molar-refractivity contribution in [2.75, 3.05) is 12.3 Å². The van der Waals surface area contributed by atoms with Gasteiger partial charge < -0.3 is 10.5 Å². The van der Waals surface area contributed by atoms with Crippen molar-refractivity contribution in [1.82, 2.24) is 4.57 Å². The minimum atomic E-state index is -0.147. The number of nitrogens with two attached hydrogens (primary N) is 1. The predicted octanol–water partition coefficient (Wildman–Crippen LogP) is 1.66. The van der Waals surface area contributed by atoms with Gasteiger partial charge in [-0.2, -0.15) is 0 Å². The maximum atomic E-state index is 11.7. The van der Waals surface area contributed by atoms with E-state index in [2.05, 4.69) is 22.5 Å². The number of rotatable bonds is 4. The van der Waals surface area contributed by atoms with Crippen molar-refractivity contribution in [3.63, 3.8) is 0 Å². The summed E-state index contributed by atoms with van der Waals surface area (Å²) in [5.74, 6) is 0. The Morgan fingerprint density at radius 2 is 2.40 bits per heavy atom. The van der Waals surface area contributed by atoms with Gasteiger partial charge in [-0.15, -0.1) is 6.58 Å². The molecule has 0 saturated heterocycles. The molecule has 0 aromatic carbocycles. The van der Waals surface area contributed by atoms with Gasteiger partial charge in [0.05, 0.1) is 16.8 Å². The molecule has 2 N–H and O–H groups in total. The van der Waals surface area contributed by atoms with Gasteiger partial charge in [0.15, 0.2) is 0 Å². The van der Waals surface area contributed by atoms with Gasteiger partial charge in [-0.1, -0.05) is 6.08 Å². The second kappa shape index (κ2) is 5.14. The maximum absolute atomic E-state index is 11.7. The molecule has 1 aromatic rings. The Bertz CT molecular complexity index is 426. The third-order valence-corrected chi connectivity index (χ3v) is 2.91. The number of pyridine rings is 1. The van der Waals surface area contributed by atoms with E-state index in [4.69, 9.17) is 10.5 Å². The van der Waals surface area contributed by atoms with E-state index in [0.717, 1.165) is 5.56 Å². The molecule has 0 saturated carbocycles. The smallest absolute Gasteiger partial charge is 0.267 e. The van der Waals surface area contributed by atoms with Crippen LogP contribution in [0.1, 0.15) is 5.56 Å². The SMILES string of the molecule is C=CCOCn1cc(N)c(C)c(Br)c1=O. The van der Waals surface area contributed by atoms with E-state index in [-0.39, 0.29) is 12.3 Å². The highest BCUT2D eigenvalue weighted by Crippen LogP contribution is 2.16. The first-order valence-corrected chi connectivity index (χ1v) is 5.21. The number of halogens is 1. The zero-order chi connectivity index (χ0) is 11.4. The molecule has 0 bridgehead atoms. The number of nitrogen functional groups attached to an aromatic ring is 1. The van der Waals surface area contributed by atoms with Crippen LogP contribution in [0.25, 0.3) is 0 Å². The highest BCUT2D eigenvalue weighted by molar-refractivity contribution is 9.10. The highest BCUT2D eigenvalue weighted by atomic mass is 79.9. The van der Waals surface area contributed by atoms with E-state index >= 15 is 0 Å². The minimum absolute atomic E-state index is 0.147. The van der Waals surface area contributed by atoms with E-state index in [0.29, 0.717) is 16.8 Å². The van der Waals surface area contributed by atoms with Crippen LogP contribution < -0.4 is 11.3 Å². The predicted molar refractivity (Wildman–Crippen MR) is 63.7 cm³/mol. The van der Waals surface area contributed by atoms with Crippen molar-refractivity contribution in [3.05, 3.63) is 39.2 Å². The average Bonchev–Trinajstić information content (AvgIpc) is 2.23. The number of nitrogens with zero attached hydrogens (tertiary/aromatic N) is 1. The molecule has 0 aliphatic rings. The second-order valence-electron chi connectivity index (χ2n) is 3.09. The first-order chi connectivity index (χ1) is 7.07. The fraction of sp³-hybridized carbons (Fsp3) is 0.300. The van der Waals surface area contributed by atoms with Gasteiger partial charge in [-0.25, -0.2) is 0 Å². The molecule has 0 spiro atoms. The molecule has 0 amide bonds. The van der Waals surface area contributed by atoms with Crippen LogP contribution in [0.15, 0.2) is 28.1 Å². The first-order valence-electron chi connectivity index (χ1n) is 4.41. The molecule has 0 aliphatic carbocycles. The molecule has 0 unspecified atom stereocenters.